The number of nitrogens with zero attached hydrogens (tertiary/aromatic N) is 1. The highest BCUT2D eigenvalue weighted by Gasteiger charge is 2.45. The molecule has 1 aromatic carbocycles. The molecule has 2 atom stereocenters. The van der Waals surface area contributed by atoms with Gasteiger partial charge in [-0.2, -0.15) is 0 Å². The van der Waals surface area contributed by atoms with Gasteiger partial charge in [0.05, 0.1) is 18.6 Å². The Morgan fingerprint density at radius 1 is 1.32 bits per heavy atom. The van der Waals surface area contributed by atoms with Gasteiger partial charge in [-0.1, -0.05) is 6.07 Å². The predicted molar refractivity (Wildman–Crippen MR) is 71.1 cm³/mol. The van der Waals surface area contributed by atoms with E-state index in [-0.39, 0.29) is 30.4 Å². The van der Waals surface area contributed by atoms with Crippen molar-refractivity contribution in [2.75, 3.05) is 12.3 Å². The van der Waals surface area contributed by atoms with Crippen LogP contribution in [0.15, 0.2) is 18.2 Å². The third-order valence-electron chi connectivity index (χ3n) is 3.99. The second-order valence-corrected chi connectivity index (χ2v) is 5.21. The fourth-order valence-corrected chi connectivity index (χ4v) is 3.25. The van der Waals surface area contributed by atoms with Crippen molar-refractivity contribution in [3.8, 4) is 0 Å². The highest BCUT2D eigenvalue weighted by atomic mass is 16.2. The van der Waals surface area contributed by atoms with Gasteiger partial charge in [-0.05, 0) is 36.1 Å². The lowest BCUT2D eigenvalue weighted by Gasteiger charge is -2.22. The number of nitrogens with one attached hydrogen (secondary N) is 1. The van der Waals surface area contributed by atoms with Crippen molar-refractivity contribution >= 4 is 17.5 Å². The maximum absolute atomic E-state index is 12.2. The average molecular weight is 259 g/mol. The number of amides is 2. The Bertz CT molecular complexity index is 556. The van der Waals surface area contributed by atoms with E-state index in [1.807, 2.05) is 23.1 Å². The molecule has 2 heterocycles. The maximum Gasteiger partial charge on any atom is 0.242 e. The van der Waals surface area contributed by atoms with Crippen molar-refractivity contribution < 1.29 is 9.59 Å². The van der Waals surface area contributed by atoms with Crippen molar-refractivity contribution in [1.82, 2.24) is 10.2 Å². The summed E-state index contributed by atoms with van der Waals surface area (Å²) in [5.41, 5.74) is 8.94. The molecular formula is C14H17N3O2. The third-order valence-corrected chi connectivity index (χ3v) is 3.99. The van der Waals surface area contributed by atoms with Crippen LogP contribution in [0.3, 0.4) is 0 Å². The number of hydrogen-bond donors (Lipinski definition) is 2. The van der Waals surface area contributed by atoms with Gasteiger partial charge in [-0.15, -0.1) is 0 Å². The largest absolute Gasteiger partial charge is 0.399 e. The van der Waals surface area contributed by atoms with Crippen LogP contribution in [0.5, 0.6) is 0 Å². The first-order valence-corrected chi connectivity index (χ1v) is 6.53. The molecule has 0 spiro atoms. The molecule has 1 fully saturated rings. The molecule has 2 amide bonds. The zero-order chi connectivity index (χ0) is 13.6. The molecule has 0 radical (unpaired) electrons. The lowest BCUT2D eigenvalue weighted by atomic mass is 9.91. The number of anilines is 1. The molecule has 2 aliphatic heterocycles. The number of nitrogens with two attached hydrogens (primary N) is 1. The maximum atomic E-state index is 12.2. The number of carbonyl (C=O) groups excluding carboxylic acids is 2. The Balaban J connectivity index is 1.84. The predicted octanol–water partition coefficient (Wildman–Crippen LogP) is 1.12. The normalized spacial score (nSPS) is 23.3. The van der Waals surface area contributed by atoms with E-state index in [9.17, 15) is 9.59 Å². The topological polar surface area (TPSA) is 75.4 Å². The van der Waals surface area contributed by atoms with Crippen LogP contribution in [0.4, 0.5) is 5.69 Å². The first kappa shape index (κ1) is 12.0. The first-order chi connectivity index (χ1) is 9.08. The Morgan fingerprint density at radius 2 is 2.00 bits per heavy atom. The highest BCUT2D eigenvalue weighted by molar-refractivity contribution is 5.85. The molecule has 5 nitrogen and oxygen atoms in total. The molecule has 0 aromatic heterocycles. The van der Waals surface area contributed by atoms with Crippen LogP contribution in [0.25, 0.3) is 0 Å². The third kappa shape index (κ3) is 1.85. The molecule has 2 aliphatic rings. The summed E-state index contributed by atoms with van der Waals surface area (Å²) < 4.78 is 0. The van der Waals surface area contributed by atoms with Crippen molar-refractivity contribution in [3.63, 3.8) is 0 Å². The summed E-state index contributed by atoms with van der Waals surface area (Å²) in [4.78, 5) is 25.1. The van der Waals surface area contributed by atoms with E-state index in [1.54, 1.807) is 0 Å². The van der Waals surface area contributed by atoms with Crippen molar-refractivity contribution in [3.05, 3.63) is 29.3 Å². The molecule has 0 aliphatic carbocycles. The molecular weight excluding hydrogens is 242 g/mol. The average Bonchev–Trinajstić information content (AvgIpc) is 2.92. The van der Waals surface area contributed by atoms with E-state index in [4.69, 9.17) is 5.73 Å². The van der Waals surface area contributed by atoms with Crippen LogP contribution in [0.2, 0.25) is 0 Å². The first-order valence-electron chi connectivity index (χ1n) is 6.53. The molecule has 3 N–H and O–H groups in total. The van der Waals surface area contributed by atoms with Gasteiger partial charge < -0.3 is 16.0 Å². The lowest BCUT2D eigenvalue weighted by molar-refractivity contribution is -0.134. The second kappa shape index (κ2) is 4.26. The van der Waals surface area contributed by atoms with E-state index in [1.165, 1.54) is 18.1 Å². The minimum Gasteiger partial charge on any atom is -0.399 e. The Labute approximate surface area is 111 Å². The van der Waals surface area contributed by atoms with Gasteiger partial charge in [0.25, 0.3) is 0 Å². The number of rotatable bonds is 2. The van der Waals surface area contributed by atoms with E-state index >= 15 is 0 Å². The highest BCUT2D eigenvalue weighted by Crippen LogP contribution is 2.53. The van der Waals surface area contributed by atoms with E-state index in [0.717, 1.165) is 18.5 Å². The molecule has 0 unspecified atom stereocenters. The summed E-state index contributed by atoms with van der Waals surface area (Å²) in [6.07, 6.45) is 1.97. The molecule has 19 heavy (non-hydrogen) atoms. The zero-order valence-electron chi connectivity index (χ0n) is 10.8. The van der Waals surface area contributed by atoms with Crippen LogP contribution in [0.1, 0.15) is 43.0 Å². The summed E-state index contributed by atoms with van der Waals surface area (Å²) in [6, 6.07) is 6.16. The van der Waals surface area contributed by atoms with Gasteiger partial charge in [-0.3, -0.25) is 9.59 Å². The van der Waals surface area contributed by atoms with Crippen molar-refractivity contribution in [1.29, 1.82) is 0 Å². The molecule has 1 aromatic rings. The van der Waals surface area contributed by atoms with Crippen LogP contribution in [-0.4, -0.2) is 23.3 Å². The van der Waals surface area contributed by atoms with Gasteiger partial charge in [0.1, 0.15) is 0 Å². The quantitative estimate of drug-likeness (QED) is 0.782. The fraction of sp³-hybridized carbons (Fsp3) is 0.429. The van der Waals surface area contributed by atoms with Gasteiger partial charge in [0.15, 0.2) is 0 Å². The minimum atomic E-state index is -0.179. The molecule has 0 saturated carbocycles. The summed E-state index contributed by atoms with van der Waals surface area (Å²) in [5, 5.41) is 2.57. The fourth-order valence-electron chi connectivity index (χ4n) is 3.25. The molecule has 100 valence electrons. The van der Waals surface area contributed by atoms with Crippen LogP contribution in [-0.2, 0) is 9.59 Å². The second-order valence-electron chi connectivity index (χ2n) is 5.21. The van der Waals surface area contributed by atoms with Crippen LogP contribution >= 0.6 is 0 Å². The van der Waals surface area contributed by atoms with E-state index in [2.05, 4.69) is 5.32 Å². The summed E-state index contributed by atoms with van der Waals surface area (Å²) in [6.45, 7) is 1.49. The van der Waals surface area contributed by atoms with Gasteiger partial charge in [0.2, 0.25) is 11.8 Å². The zero-order valence-corrected chi connectivity index (χ0v) is 10.8. The number of hydrogen-bond acceptors (Lipinski definition) is 3. The van der Waals surface area contributed by atoms with Gasteiger partial charge in [-0.25, -0.2) is 0 Å². The molecule has 2 bridgehead atoms. The molecule has 3 rings (SSSR count). The number of benzene rings is 1. The number of carbonyl (C=O) groups is 2. The smallest absolute Gasteiger partial charge is 0.242 e. The van der Waals surface area contributed by atoms with E-state index < -0.39 is 0 Å². The van der Waals surface area contributed by atoms with Crippen LogP contribution in [0, 0.1) is 0 Å². The standard InChI is InChI=1S/C14H17N3O2/c1-8(18)16-7-14(19)17-12-4-5-13(17)11-6-9(15)2-3-10(11)12/h2-3,6,12-13H,4-5,7,15H2,1H3,(H,16,18)/t12-,13+/m0/s1. The summed E-state index contributed by atoms with van der Waals surface area (Å²) in [5.74, 6) is -0.195. The Kier molecular flexibility index (Phi) is 2.69. The van der Waals surface area contributed by atoms with E-state index in [0.29, 0.717) is 0 Å². The van der Waals surface area contributed by atoms with Crippen molar-refractivity contribution in [2.45, 2.75) is 31.8 Å². The lowest BCUT2D eigenvalue weighted by Crippen LogP contribution is -2.37. The number of fused-ring (bicyclic) bond motifs is 5. The molecule has 5 heteroatoms. The van der Waals surface area contributed by atoms with Gasteiger partial charge >= 0.3 is 0 Å². The van der Waals surface area contributed by atoms with Crippen molar-refractivity contribution in [2.24, 2.45) is 0 Å². The Hall–Kier alpha value is -2.04. The Morgan fingerprint density at radius 3 is 2.68 bits per heavy atom. The minimum absolute atomic E-state index is 0.0162. The van der Waals surface area contributed by atoms with Crippen LogP contribution < -0.4 is 11.1 Å². The van der Waals surface area contributed by atoms with Gasteiger partial charge in [0, 0.05) is 12.6 Å². The SMILES string of the molecule is CC(=O)NCC(=O)N1[C@@H]2CC[C@H]1c1ccc(N)cc12. The monoisotopic (exact) mass is 259 g/mol. The summed E-state index contributed by atoms with van der Waals surface area (Å²) in [7, 11) is 0. The number of nitrogen functional groups attached to an aromatic ring is 1. The molecule has 1 saturated heterocycles. The summed E-state index contributed by atoms with van der Waals surface area (Å²) >= 11 is 0.